The Morgan fingerprint density at radius 2 is 1.55 bits per heavy atom. The molecular formula is C21H19NO6S. The first-order valence-electron chi connectivity index (χ1n) is 8.89. The minimum Gasteiger partial charge on any atom is -0.467 e. The fourth-order valence-electron chi connectivity index (χ4n) is 2.99. The van der Waals surface area contributed by atoms with Crippen LogP contribution in [0.5, 0.6) is 0 Å². The first kappa shape index (κ1) is 20.6. The van der Waals surface area contributed by atoms with Crippen LogP contribution in [-0.4, -0.2) is 53.5 Å². The molecule has 1 aliphatic heterocycles. The summed E-state index contributed by atoms with van der Waals surface area (Å²) in [6.45, 7) is 0. The average molecular weight is 413 g/mol. The minimum absolute atomic E-state index is 0.0870. The van der Waals surface area contributed by atoms with Crippen molar-refractivity contribution in [3.05, 3.63) is 71.3 Å². The summed E-state index contributed by atoms with van der Waals surface area (Å²) < 4.78 is 9.97. The number of rotatable bonds is 8. The first-order valence-corrected chi connectivity index (χ1v) is 10.0. The maximum Gasteiger partial charge on any atom is 0.338 e. The van der Waals surface area contributed by atoms with Gasteiger partial charge in [0.15, 0.2) is 0 Å². The number of esters is 2. The van der Waals surface area contributed by atoms with Crippen LogP contribution in [-0.2, 0) is 14.3 Å². The van der Waals surface area contributed by atoms with Gasteiger partial charge in [-0.05, 0) is 36.4 Å². The highest BCUT2D eigenvalue weighted by molar-refractivity contribution is 7.99. The fourth-order valence-corrected chi connectivity index (χ4v) is 3.68. The van der Waals surface area contributed by atoms with Crippen LogP contribution in [0.3, 0.4) is 0 Å². The van der Waals surface area contributed by atoms with Crippen LogP contribution in [0.25, 0.3) is 0 Å². The van der Waals surface area contributed by atoms with E-state index in [1.807, 2.05) is 0 Å². The number of carbonyl (C=O) groups excluding carboxylic acids is 4. The largest absolute Gasteiger partial charge is 0.467 e. The van der Waals surface area contributed by atoms with Crippen LogP contribution in [0.2, 0.25) is 0 Å². The smallest absolute Gasteiger partial charge is 0.338 e. The topological polar surface area (TPSA) is 90.0 Å². The number of thioether (sulfide) groups is 1. The normalized spacial score (nSPS) is 13.8. The number of nitrogens with zero attached hydrogens (tertiary/aromatic N) is 1. The molecule has 0 N–H and O–H groups in total. The Kier molecular flexibility index (Phi) is 6.66. The fraction of sp³-hybridized carbons (Fsp3) is 0.238. The zero-order valence-corrected chi connectivity index (χ0v) is 16.5. The van der Waals surface area contributed by atoms with E-state index in [1.54, 1.807) is 54.6 Å². The molecule has 0 fully saturated rings. The maximum absolute atomic E-state index is 12.6. The van der Waals surface area contributed by atoms with Crippen molar-refractivity contribution < 1.29 is 28.7 Å². The number of methoxy groups -OCH3 is 1. The van der Waals surface area contributed by atoms with Crippen molar-refractivity contribution in [2.75, 3.05) is 18.8 Å². The van der Waals surface area contributed by atoms with E-state index < -0.39 is 29.8 Å². The molecule has 8 heteroatoms. The van der Waals surface area contributed by atoms with Crippen LogP contribution >= 0.6 is 11.8 Å². The van der Waals surface area contributed by atoms with Gasteiger partial charge in [0.1, 0.15) is 12.0 Å². The summed E-state index contributed by atoms with van der Waals surface area (Å²) in [5.41, 5.74) is 0.998. The molecule has 1 aliphatic rings. The van der Waals surface area contributed by atoms with Gasteiger partial charge in [0.25, 0.3) is 11.8 Å². The zero-order chi connectivity index (χ0) is 20.8. The average Bonchev–Trinajstić information content (AvgIpc) is 3.01. The third-order valence-electron chi connectivity index (χ3n) is 4.43. The Hall–Kier alpha value is -3.13. The second kappa shape index (κ2) is 9.38. The van der Waals surface area contributed by atoms with Crippen LogP contribution in [0, 0.1) is 0 Å². The number of benzene rings is 2. The third-order valence-corrected chi connectivity index (χ3v) is 5.24. The SMILES string of the molecule is COC(=O)C(CCSCOC(=O)c1ccccc1)N1C(=O)c2ccccc2C1=O. The van der Waals surface area contributed by atoms with Crippen LogP contribution < -0.4 is 0 Å². The van der Waals surface area contributed by atoms with E-state index in [0.717, 1.165) is 4.90 Å². The van der Waals surface area contributed by atoms with E-state index in [1.165, 1.54) is 18.9 Å². The second-order valence-corrected chi connectivity index (χ2v) is 7.23. The molecule has 0 aromatic heterocycles. The molecule has 2 aromatic rings. The molecule has 0 aliphatic carbocycles. The molecule has 2 amide bonds. The van der Waals surface area contributed by atoms with Gasteiger partial charge in [0.05, 0.1) is 23.8 Å². The highest BCUT2D eigenvalue weighted by atomic mass is 32.2. The van der Waals surface area contributed by atoms with E-state index in [2.05, 4.69) is 0 Å². The molecule has 0 spiro atoms. The molecule has 1 atom stereocenters. The van der Waals surface area contributed by atoms with Crippen molar-refractivity contribution in [2.45, 2.75) is 12.5 Å². The lowest BCUT2D eigenvalue weighted by Crippen LogP contribution is -2.45. The summed E-state index contributed by atoms with van der Waals surface area (Å²) in [6.07, 6.45) is 0.186. The van der Waals surface area contributed by atoms with E-state index in [-0.39, 0.29) is 23.5 Å². The zero-order valence-electron chi connectivity index (χ0n) is 15.7. The molecule has 1 unspecified atom stereocenters. The van der Waals surface area contributed by atoms with Gasteiger partial charge < -0.3 is 9.47 Å². The van der Waals surface area contributed by atoms with Crippen LogP contribution in [0.1, 0.15) is 37.5 Å². The molecular weight excluding hydrogens is 394 g/mol. The highest BCUT2D eigenvalue weighted by Gasteiger charge is 2.42. The number of fused-ring (bicyclic) bond motifs is 1. The van der Waals surface area contributed by atoms with Gasteiger partial charge in [-0.3, -0.25) is 14.5 Å². The third kappa shape index (κ3) is 4.48. The predicted octanol–water partition coefficient (Wildman–Crippen LogP) is 2.76. The molecule has 150 valence electrons. The number of amides is 2. The quantitative estimate of drug-likeness (QED) is 0.284. The number of hydrogen-bond acceptors (Lipinski definition) is 7. The molecule has 29 heavy (non-hydrogen) atoms. The Bertz CT molecular complexity index is 895. The summed E-state index contributed by atoms with van der Waals surface area (Å²) >= 11 is 1.28. The van der Waals surface area contributed by atoms with Crippen LogP contribution in [0.4, 0.5) is 0 Å². The molecule has 0 bridgehead atoms. The van der Waals surface area contributed by atoms with Gasteiger partial charge in [-0.25, -0.2) is 9.59 Å². The van der Waals surface area contributed by atoms with Crippen molar-refractivity contribution in [3.8, 4) is 0 Å². The van der Waals surface area contributed by atoms with E-state index >= 15 is 0 Å². The van der Waals surface area contributed by atoms with E-state index in [0.29, 0.717) is 11.3 Å². The summed E-state index contributed by atoms with van der Waals surface area (Å²) in [4.78, 5) is 50.3. The Morgan fingerprint density at radius 1 is 0.966 bits per heavy atom. The lowest BCUT2D eigenvalue weighted by molar-refractivity contribution is -0.145. The second-order valence-electron chi connectivity index (χ2n) is 6.18. The number of imide groups is 1. The number of ether oxygens (including phenoxy) is 2. The Balaban J connectivity index is 1.57. The molecule has 0 saturated heterocycles. The molecule has 2 aromatic carbocycles. The summed E-state index contributed by atoms with van der Waals surface area (Å²) in [5.74, 6) is -1.66. The number of carbonyl (C=O) groups is 4. The van der Waals surface area contributed by atoms with Crippen molar-refractivity contribution in [3.63, 3.8) is 0 Å². The lowest BCUT2D eigenvalue weighted by atomic mass is 10.1. The standard InChI is InChI=1S/C21H19NO6S/c1-27-21(26)17(22-18(23)15-9-5-6-10-16(15)19(22)24)11-12-29-13-28-20(25)14-7-3-2-4-8-14/h2-10,17H,11-13H2,1H3. The van der Waals surface area contributed by atoms with Gasteiger partial charge in [-0.15, -0.1) is 11.8 Å². The molecule has 0 radical (unpaired) electrons. The van der Waals surface area contributed by atoms with Gasteiger partial charge >= 0.3 is 11.9 Å². The van der Waals surface area contributed by atoms with Crippen molar-refractivity contribution in [1.82, 2.24) is 4.90 Å². The van der Waals surface area contributed by atoms with Crippen LogP contribution in [0.15, 0.2) is 54.6 Å². The Morgan fingerprint density at radius 3 is 2.14 bits per heavy atom. The van der Waals surface area contributed by atoms with E-state index in [4.69, 9.17) is 9.47 Å². The molecule has 1 heterocycles. The lowest BCUT2D eigenvalue weighted by Gasteiger charge is -2.23. The summed E-state index contributed by atoms with van der Waals surface area (Å²) in [6, 6.07) is 14.0. The van der Waals surface area contributed by atoms with Gasteiger partial charge in [0.2, 0.25) is 0 Å². The van der Waals surface area contributed by atoms with E-state index in [9.17, 15) is 19.2 Å². The minimum atomic E-state index is -1.04. The summed E-state index contributed by atoms with van der Waals surface area (Å²) in [7, 11) is 1.21. The predicted molar refractivity (Wildman–Crippen MR) is 107 cm³/mol. The number of hydrogen-bond donors (Lipinski definition) is 0. The van der Waals surface area contributed by atoms with Gasteiger partial charge in [-0.1, -0.05) is 30.3 Å². The van der Waals surface area contributed by atoms with Crippen molar-refractivity contribution in [2.24, 2.45) is 0 Å². The highest BCUT2D eigenvalue weighted by Crippen LogP contribution is 2.26. The molecule has 0 saturated carbocycles. The molecule has 7 nitrogen and oxygen atoms in total. The van der Waals surface area contributed by atoms with Gasteiger partial charge in [-0.2, -0.15) is 0 Å². The first-order chi connectivity index (χ1) is 14.0. The van der Waals surface area contributed by atoms with Gasteiger partial charge in [0, 0.05) is 0 Å². The molecule has 3 rings (SSSR count). The maximum atomic E-state index is 12.6. The van der Waals surface area contributed by atoms with Crippen molar-refractivity contribution in [1.29, 1.82) is 0 Å². The Labute approximate surface area is 172 Å². The van der Waals surface area contributed by atoms with Crippen molar-refractivity contribution >= 4 is 35.5 Å². The monoisotopic (exact) mass is 413 g/mol. The summed E-state index contributed by atoms with van der Waals surface area (Å²) in [5, 5.41) is 0.